The van der Waals surface area contributed by atoms with Gasteiger partial charge in [-0.15, -0.1) is 0 Å². The molecule has 2 aromatic heterocycles. The summed E-state index contributed by atoms with van der Waals surface area (Å²) in [6, 6.07) is 7.48. The molecule has 4 rings (SSSR count). The molecule has 0 unspecified atom stereocenters. The molecule has 0 radical (unpaired) electrons. The van der Waals surface area contributed by atoms with Gasteiger partial charge in [-0.25, -0.2) is 0 Å². The number of carbonyl (C=O) groups is 1. The van der Waals surface area contributed by atoms with Crippen molar-refractivity contribution in [1.82, 2.24) is 24.6 Å². The summed E-state index contributed by atoms with van der Waals surface area (Å²) in [7, 11) is 0. The van der Waals surface area contributed by atoms with Crippen LogP contribution < -0.4 is 0 Å². The number of likely N-dealkylation sites (tertiary alicyclic amines) is 1. The number of amides is 1. The van der Waals surface area contributed by atoms with Crippen LogP contribution in [0.3, 0.4) is 0 Å². The molecule has 3 heterocycles. The first-order valence-electron chi connectivity index (χ1n) is 8.27. The van der Waals surface area contributed by atoms with Crippen molar-refractivity contribution in [3.63, 3.8) is 0 Å². The Kier molecular flexibility index (Phi) is 3.94. The van der Waals surface area contributed by atoms with Gasteiger partial charge in [0.25, 0.3) is 5.91 Å². The maximum Gasteiger partial charge on any atom is 0.253 e. The summed E-state index contributed by atoms with van der Waals surface area (Å²) in [5.41, 5.74) is 2.26. The van der Waals surface area contributed by atoms with E-state index in [0.717, 1.165) is 43.5 Å². The van der Waals surface area contributed by atoms with Gasteiger partial charge in [-0.2, -0.15) is 5.10 Å². The molecular weight excluding hydrogens is 302 g/mol. The van der Waals surface area contributed by atoms with Crippen LogP contribution in [0.4, 0.5) is 0 Å². The highest BCUT2D eigenvalue weighted by Gasteiger charge is 2.24. The van der Waals surface area contributed by atoms with Crippen LogP contribution in [0.5, 0.6) is 0 Å². The van der Waals surface area contributed by atoms with Crippen molar-refractivity contribution in [1.29, 1.82) is 0 Å². The summed E-state index contributed by atoms with van der Waals surface area (Å²) in [6.45, 7) is 2.52. The van der Waals surface area contributed by atoms with Gasteiger partial charge in [-0.3, -0.25) is 19.4 Å². The number of benzene rings is 1. The second-order valence-corrected chi connectivity index (χ2v) is 6.22. The zero-order chi connectivity index (χ0) is 16.4. The van der Waals surface area contributed by atoms with Gasteiger partial charge in [0.05, 0.1) is 11.0 Å². The maximum absolute atomic E-state index is 12.7. The minimum absolute atomic E-state index is 0.0834. The van der Waals surface area contributed by atoms with Crippen LogP contribution in [0.25, 0.3) is 11.0 Å². The quantitative estimate of drug-likeness (QED) is 0.743. The Bertz CT molecular complexity index is 838. The van der Waals surface area contributed by atoms with Gasteiger partial charge < -0.3 is 4.90 Å². The second-order valence-electron chi connectivity index (χ2n) is 6.22. The third-order valence-corrected chi connectivity index (χ3v) is 4.62. The molecule has 24 heavy (non-hydrogen) atoms. The molecule has 0 bridgehead atoms. The van der Waals surface area contributed by atoms with E-state index in [1.54, 1.807) is 18.6 Å². The van der Waals surface area contributed by atoms with Crippen LogP contribution >= 0.6 is 0 Å². The summed E-state index contributed by atoms with van der Waals surface area (Å²) in [5.74, 6) is 0.663. The Labute approximate surface area is 140 Å². The zero-order valence-electron chi connectivity index (χ0n) is 13.4. The van der Waals surface area contributed by atoms with Crippen LogP contribution in [-0.4, -0.2) is 43.6 Å². The number of hydrogen-bond acceptors (Lipinski definition) is 4. The summed E-state index contributed by atoms with van der Waals surface area (Å²) in [4.78, 5) is 23.2. The van der Waals surface area contributed by atoms with Crippen molar-refractivity contribution in [2.45, 2.75) is 19.4 Å². The molecule has 122 valence electrons. The van der Waals surface area contributed by atoms with Gasteiger partial charge in [0.1, 0.15) is 0 Å². The molecule has 1 aliphatic heterocycles. The Hall–Kier alpha value is -2.76. The number of nitrogens with zero attached hydrogens (tertiary/aromatic N) is 5. The van der Waals surface area contributed by atoms with Gasteiger partial charge in [0.15, 0.2) is 0 Å². The fourth-order valence-corrected chi connectivity index (χ4v) is 3.27. The van der Waals surface area contributed by atoms with Crippen LogP contribution in [0.2, 0.25) is 0 Å². The smallest absolute Gasteiger partial charge is 0.253 e. The first kappa shape index (κ1) is 14.8. The first-order chi connectivity index (χ1) is 11.8. The molecule has 1 fully saturated rings. The minimum Gasteiger partial charge on any atom is -0.339 e. The maximum atomic E-state index is 12.7. The van der Waals surface area contributed by atoms with Crippen molar-refractivity contribution >= 4 is 16.9 Å². The lowest BCUT2D eigenvalue weighted by atomic mass is 9.96. The largest absolute Gasteiger partial charge is 0.339 e. The number of hydrogen-bond donors (Lipinski definition) is 0. The third-order valence-electron chi connectivity index (χ3n) is 4.62. The fraction of sp³-hybridized carbons (Fsp3) is 0.333. The number of carbonyl (C=O) groups excluding carboxylic acids is 1. The number of aromatic nitrogens is 4. The van der Waals surface area contributed by atoms with E-state index in [-0.39, 0.29) is 5.91 Å². The highest BCUT2D eigenvalue weighted by molar-refractivity contribution is 5.97. The lowest BCUT2D eigenvalue weighted by Gasteiger charge is -2.32. The molecular formula is C18H19N5O. The van der Waals surface area contributed by atoms with Crippen molar-refractivity contribution in [2.75, 3.05) is 13.1 Å². The van der Waals surface area contributed by atoms with Gasteiger partial charge in [-0.05, 0) is 43.0 Å². The van der Waals surface area contributed by atoms with Crippen LogP contribution in [0, 0.1) is 5.92 Å². The van der Waals surface area contributed by atoms with E-state index < -0.39 is 0 Å². The predicted molar refractivity (Wildman–Crippen MR) is 90.4 cm³/mol. The fourth-order valence-electron chi connectivity index (χ4n) is 3.27. The lowest BCUT2D eigenvalue weighted by molar-refractivity contribution is 0.0681. The molecule has 0 spiro atoms. The van der Waals surface area contributed by atoms with Crippen LogP contribution in [0.15, 0.2) is 49.1 Å². The van der Waals surface area contributed by atoms with E-state index in [0.29, 0.717) is 11.5 Å². The predicted octanol–water partition coefficient (Wildman–Crippen LogP) is 2.38. The Morgan fingerprint density at radius 3 is 2.62 bits per heavy atom. The SMILES string of the molecule is O=C(c1ccc2nccnc2c1)N1CCC(Cn2cccn2)CC1. The number of rotatable bonds is 3. The van der Waals surface area contributed by atoms with Gasteiger partial charge in [0.2, 0.25) is 0 Å². The normalized spacial score (nSPS) is 15.8. The standard InChI is InChI=1S/C18H19N5O/c24-18(15-2-3-16-17(12-15)20-8-7-19-16)22-10-4-14(5-11-22)13-23-9-1-6-21-23/h1-3,6-9,12,14H,4-5,10-11,13H2. The number of piperidine rings is 1. The van der Waals surface area contributed by atoms with E-state index >= 15 is 0 Å². The first-order valence-corrected chi connectivity index (χ1v) is 8.27. The summed E-state index contributed by atoms with van der Waals surface area (Å²) >= 11 is 0. The van der Waals surface area contributed by atoms with Crippen LogP contribution in [0.1, 0.15) is 23.2 Å². The van der Waals surface area contributed by atoms with E-state index in [9.17, 15) is 4.79 Å². The molecule has 0 saturated carbocycles. The minimum atomic E-state index is 0.0834. The Morgan fingerprint density at radius 1 is 1.08 bits per heavy atom. The van der Waals surface area contributed by atoms with Gasteiger partial charge >= 0.3 is 0 Å². The molecule has 1 aromatic carbocycles. The third kappa shape index (κ3) is 2.99. The summed E-state index contributed by atoms with van der Waals surface area (Å²) in [6.07, 6.45) is 9.14. The average molecular weight is 321 g/mol. The molecule has 1 amide bonds. The highest BCUT2D eigenvalue weighted by Crippen LogP contribution is 2.21. The zero-order valence-corrected chi connectivity index (χ0v) is 13.4. The van der Waals surface area contributed by atoms with E-state index in [1.165, 1.54) is 0 Å². The van der Waals surface area contributed by atoms with Gasteiger partial charge in [0, 0.05) is 50.0 Å². The molecule has 0 atom stereocenters. The molecule has 0 aliphatic carbocycles. The molecule has 0 N–H and O–H groups in total. The average Bonchev–Trinajstić information content (AvgIpc) is 3.14. The molecule has 1 saturated heterocycles. The van der Waals surface area contributed by atoms with E-state index in [2.05, 4.69) is 15.1 Å². The van der Waals surface area contributed by atoms with E-state index in [4.69, 9.17) is 0 Å². The monoisotopic (exact) mass is 321 g/mol. The van der Waals surface area contributed by atoms with E-state index in [1.807, 2.05) is 40.0 Å². The second kappa shape index (κ2) is 6.39. The van der Waals surface area contributed by atoms with Crippen molar-refractivity contribution < 1.29 is 4.79 Å². The lowest BCUT2D eigenvalue weighted by Crippen LogP contribution is -2.39. The highest BCUT2D eigenvalue weighted by atomic mass is 16.2. The molecule has 1 aliphatic rings. The Morgan fingerprint density at radius 2 is 1.88 bits per heavy atom. The number of fused-ring (bicyclic) bond motifs is 1. The molecule has 6 heteroatoms. The summed E-state index contributed by atoms with van der Waals surface area (Å²) in [5, 5.41) is 4.26. The van der Waals surface area contributed by atoms with Crippen LogP contribution in [-0.2, 0) is 6.54 Å². The summed E-state index contributed by atoms with van der Waals surface area (Å²) < 4.78 is 1.98. The Balaban J connectivity index is 1.41. The molecule has 6 nitrogen and oxygen atoms in total. The topological polar surface area (TPSA) is 63.9 Å². The van der Waals surface area contributed by atoms with Crippen molar-refractivity contribution in [3.8, 4) is 0 Å². The molecule has 3 aromatic rings. The van der Waals surface area contributed by atoms with Gasteiger partial charge in [-0.1, -0.05) is 0 Å². The van der Waals surface area contributed by atoms with Crippen molar-refractivity contribution in [3.05, 3.63) is 54.6 Å². The van der Waals surface area contributed by atoms with Crippen molar-refractivity contribution in [2.24, 2.45) is 5.92 Å².